The molecular weight excluding hydrogens is 356 g/mol. The van der Waals surface area contributed by atoms with Gasteiger partial charge in [-0.1, -0.05) is 34.6 Å². The average Bonchev–Trinajstić information content (AvgIpc) is 2.42. The molecule has 0 aromatic rings. The van der Waals surface area contributed by atoms with E-state index in [1.54, 1.807) is 13.8 Å². The maximum Gasteiger partial charge on any atom is 0.430 e. The Labute approximate surface area is 142 Å². The van der Waals surface area contributed by atoms with Crippen LogP contribution in [0.25, 0.3) is 0 Å². The second kappa shape index (κ2) is 6.61. The predicted octanol–water partition coefficient (Wildman–Crippen LogP) is 4.99. The standard InChI is InChI=1S/C15H23F6NOS/c1-8(2)10-9(6-12(3,4)5)7-24-13(14(16,17)18,15(19,20)21)22-11(10)23/h8-10H,6-7H2,1-5H3,(H,22,23). The summed E-state index contributed by atoms with van der Waals surface area (Å²) in [5.74, 6) is -3.41. The van der Waals surface area contributed by atoms with Crippen LogP contribution < -0.4 is 5.32 Å². The van der Waals surface area contributed by atoms with E-state index < -0.39 is 40.7 Å². The topological polar surface area (TPSA) is 29.1 Å². The maximum atomic E-state index is 13.3. The third-order valence-corrected chi connectivity index (χ3v) is 5.61. The van der Waals surface area contributed by atoms with E-state index in [1.807, 2.05) is 20.8 Å². The summed E-state index contributed by atoms with van der Waals surface area (Å²) >= 11 is -0.263. The fourth-order valence-corrected chi connectivity index (χ4v) is 4.42. The van der Waals surface area contributed by atoms with Gasteiger partial charge in [-0.2, -0.15) is 26.3 Å². The summed E-state index contributed by atoms with van der Waals surface area (Å²) in [7, 11) is 0. The molecule has 1 saturated heterocycles. The summed E-state index contributed by atoms with van der Waals surface area (Å²) in [6, 6.07) is 0. The van der Waals surface area contributed by atoms with E-state index >= 15 is 0 Å². The Morgan fingerprint density at radius 2 is 1.58 bits per heavy atom. The molecule has 24 heavy (non-hydrogen) atoms. The molecule has 1 N–H and O–H groups in total. The van der Waals surface area contributed by atoms with Crippen molar-refractivity contribution in [2.24, 2.45) is 23.2 Å². The lowest BCUT2D eigenvalue weighted by Crippen LogP contribution is -2.65. The number of halogens is 6. The van der Waals surface area contributed by atoms with E-state index in [9.17, 15) is 31.1 Å². The fourth-order valence-electron chi connectivity index (χ4n) is 3.13. The number of nitrogens with one attached hydrogen (secondary N) is 1. The molecule has 0 aliphatic carbocycles. The molecule has 1 heterocycles. The van der Waals surface area contributed by atoms with Crippen molar-refractivity contribution in [3.8, 4) is 0 Å². The van der Waals surface area contributed by atoms with Crippen LogP contribution >= 0.6 is 11.8 Å². The van der Waals surface area contributed by atoms with Crippen molar-refractivity contribution in [3.05, 3.63) is 0 Å². The molecule has 0 bridgehead atoms. The minimum atomic E-state index is -5.64. The first-order valence-electron chi connectivity index (χ1n) is 7.61. The highest BCUT2D eigenvalue weighted by Gasteiger charge is 2.73. The Morgan fingerprint density at radius 3 is 1.92 bits per heavy atom. The summed E-state index contributed by atoms with van der Waals surface area (Å²) in [6.07, 6.45) is -10.9. The summed E-state index contributed by atoms with van der Waals surface area (Å²) in [5, 5.41) is 1.29. The molecule has 1 rings (SSSR count). The zero-order valence-electron chi connectivity index (χ0n) is 14.2. The van der Waals surface area contributed by atoms with Gasteiger partial charge >= 0.3 is 12.4 Å². The second-order valence-electron chi connectivity index (χ2n) is 7.77. The number of thioether (sulfide) groups is 1. The molecule has 1 aliphatic heterocycles. The van der Waals surface area contributed by atoms with Crippen LogP contribution in [0.5, 0.6) is 0 Å². The SMILES string of the molecule is CC(C)C1C(=O)NC(C(F)(F)F)(C(F)(F)F)SCC1CC(C)(C)C. The summed E-state index contributed by atoms with van der Waals surface area (Å²) in [5.41, 5.74) is -0.317. The molecule has 1 fully saturated rings. The van der Waals surface area contributed by atoms with Crippen LogP contribution in [-0.4, -0.2) is 28.9 Å². The highest BCUT2D eigenvalue weighted by molar-refractivity contribution is 8.00. The Hall–Kier alpha value is -0.600. The van der Waals surface area contributed by atoms with E-state index in [-0.39, 0.29) is 23.1 Å². The van der Waals surface area contributed by atoms with Crippen molar-refractivity contribution in [1.82, 2.24) is 5.32 Å². The van der Waals surface area contributed by atoms with Gasteiger partial charge in [0, 0.05) is 5.92 Å². The molecule has 142 valence electrons. The van der Waals surface area contributed by atoms with Crippen LogP contribution in [0.3, 0.4) is 0 Å². The zero-order chi connectivity index (χ0) is 19.1. The molecule has 2 atom stereocenters. The van der Waals surface area contributed by atoms with Gasteiger partial charge in [0.15, 0.2) is 0 Å². The lowest BCUT2D eigenvalue weighted by atomic mass is 9.75. The Balaban J connectivity index is 3.35. The summed E-state index contributed by atoms with van der Waals surface area (Å²) in [6.45, 7) is 8.81. The van der Waals surface area contributed by atoms with Gasteiger partial charge in [-0.3, -0.25) is 4.79 Å². The molecule has 0 aromatic heterocycles. The highest BCUT2D eigenvalue weighted by Crippen LogP contribution is 2.53. The second-order valence-corrected chi connectivity index (χ2v) is 9.01. The largest absolute Gasteiger partial charge is 0.430 e. The quantitative estimate of drug-likeness (QED) is 0.685. The van der Waals surface area contributed by atoms with Crippen LogP contribution in [0.4, 0.5) is 26.3 Å². The van der Waals surface area contributed by atoms with E-state index in [2.05, 4.69) is 0 Å². The van der Waals surface area contributed by atoms with Gasteiger partial charge in [-0.05, 0) is 29.4 Å². The van der Waals surface area contributed by atoms with Crippen molar-refractivity contribution >= 4 is 17.7 Å². The van der Waals surface area contributed by atoms with Crippen molar-refractivity contribution in [2.75, 3.05) is 5.75 Å². The number of rotatable bonds is 2. The monoisotopic (exact) mass is 379 g/mol. The van der Waals surface area contributed by atoms with Gasteiger partial charge in [0.25, 0.3) is 4.87 Å². The van der Waals surface area contributed by atoms with Crippen molar-refractivity contribution in [3.63, 3.8) is 0 Å². The molecule has 1 aliphatic rings. The van der Waals surface area contributed by atoms with Gasteiger partial charge < -0.3 is 5.32 Å². The molecule has 0 aromatic carbocycles. The number of amides is 1. The van der Waals surface area contributed by atoms with E-state index in [4.69, 9.17) is 0 Å². The third kappa shape index (κ3) is 4.32. The van der Waals surface area contributed by atoms with Crippen LogP contribution in [0, 0.1) is 23.2 Å². The van der Waals surface area contributed by atoms with Crippen LogP contribution in [-0.2, 0) is 4.79 Å². The smallest absolute Gasteiger partial charge is 0.326 e. The maximum absolute atomic E-state index is 13.3. The van der Waals surface area contributed by atoms with Crippen LogP contribution in [0.15, 0.2) is 0 Å². The Morgan fingerprint density at radius 1 is 1.12 bits per heavy atom. The molecule has 0 radical (unpaired) electrons. The lowest BCUT2D eigenvalue weighted by molar-refractivity contribution is -0.272. The Bertz CT molecular complexity index is 452. The molecule has 0 spiro atoms. The lowest BCUT2D eigenvalue weighted by Gasteiger charge is -2.36. The summed E-state index contributed by atoms with van der Waals surface area (Å²) < 4.78 is 79.7. The molecule has 2 unspecified atom stereocenters. The number of carbonyl (C=O) groups excluding carboxylic acids is 1. The average molecular weight is 379 g/mol. The van der Waals surface area contributed by atoms with Gasteiger partial charge in [-0.15, -0.1) is 11.8 Å². The normalized spacial score (nSPS) is 26.2. The van der Waals surface area contributed by atoms with Crippen LogP contribution in [0.2, 0.25) is 0 Å². The molecule has 1 amide bonds. The summed E-state index contributed by atoms with van der Waals surface area (Å²) in [4.78, 5) is 8.08. The molecule has 2 nitrogen and oxygen atoms in total. The zero-order valence-corrected chi connectivity index (χ0v) is 15.0. The van der Waals surface area contributed by atoms with E-state index in [0.29, 0.717) is 6.42 Å². The fraction of sp³-hybridized carbons (Fsp3) is 0.933. The highest BCUT2D eigenvalue weighted by atomic mass is 32.2. The van der Waals surface area contributed by atoms with Crippen molar-refractivity contribution in [1.29, 1.82) is 0 Å². The van der Waals surface area contributed by atoms with Gasteiger partial charge in [0.2, 0.25) is 5.91 Å². The number of hydrogen-bond acceptors (Lipinski definition) is 2. The Kier molecular flexibility index (Phi) is 5.90. The molecule has 9 heteroatoms. The minimum Gasteiger partial charge on any atom is -0.326 e. The van der Waals surface area contributed by atoms with Crippen molar-refractivity contribution < 1.29 is 31.1 Å². The first-order chi connectivity index (χ1) is 10.5. The first kappa shape index (κ1) is 21.4. The van der Waals surface area contributed by atoms with E-state index in [0.717, 1.165) is 0 Å². The van der Waals surface area contributed by atoms with Crippen LogP contribution in [0.1, 0.15) is 41.0 Å². The number of carbonyl (C=O) groups is 1. The first-order valence-corrected chi connectivity index (χ1v) is 8.60. The molecule has 0 saturated carbocycles. The van der Waals surface area contributed by atoms with Gasteiger partial charge in [0.1, 0.15) is 0 Å². The van der Waals surface area contributed by atoms with Gasteiger partial charge in [-0.25, -0.2) is 0 Å². The third-order valence-electron chi connectivity index (χ3n) is 4.01. The number of alkyl halides is 6. The van der Waals surface area contributed by atoms with Crippen molar-refractivity contribution in [2.45, 2.75) is 58.3 Å². The van der Waals surface area contributed by atoms with E-state index in [1.165, 1.54) is 5.32 Å². The minimum absolute atomic E-state index is 0.263. The van der Waals surface area contributed by atoms with Gasteiger partial charge in [0.05, 0.1) is 0 Å². The predicted molar refractivity (Wildman–Crippen MR) is 81.3 cm³/mol. The molecular formula is C15H23F6NOS. The number of hydrogen-bond donors (Lipinski definition) is 1.